The largest absolute Gasteiger partial charge is 0.392 e. The van der Waals surface area contributed by atoms with E-state index in [-0.39, 0.29) is 6.61 Å². The maximum absolute atomic E-state index is 9.03. The van der Waals surface area contributed by atoms with Crippen LogP contribution in [0.3, 0.4) is 0 Å². The van der Waals surface area contributed by atoms with Crippen molar-refractivity contribution in [3.63, 3.8) is 0 Å². The van der Waals surface area contributed by atoms with Crippen LogP contribution < -0.4 is 0 Å². The molecule has 3 heteroatoms. The van der Waals surface area contributed by atoms with Crippen molar-refractivity contribution in [3.05, 3.63) is 53.7 Å². The molecule has 16 heavy (non-hydrogen) atoms. The second-order valence-corrected chi connectivity index (χ2v) is 3.40. The third-order valence-corrected chi connectivity index (χ3v) is 2.30. The molecule has 0 spiro atoms. The van der Waals surface area contributed by atoms with E-state index in [4.69, 9.17) is 10.4 Å². The maximum atomic E-state index is 9.03. The van der Waals surface area contributed by atoms with Crippen molar-refractivity contribution in [2.75, 3.05) is 0 Å². The van der Waals surface area contributed by atoms with Crippen molar-refractivity contribution in [2.45, 2.75) is 6.61 Å². The summed E-state index contributed by atoms with van der Waals surface area (Å²) in [7, 11) is 0. The molecule has 2 rings (SSSR count). The zero-order chi connectivity index (χ0) is 11.4. The highest BCUT2D eigenvalue weighted by molar-refractivity contribution is 5.60. The van der Waals surface area contributed by atoms with Crippen LogP contribution in [0, 0.1) is 11.3 Å². The molecule has 1 N–H and O–H groups in total. The van der Waals surface area contributed by atoms with Gasteiger partial charge < -0.3 is 5.11 Å². The maximum Gasteiger partial charge on any atom is 0.101 e. The van der Waals surface area contributed by atoms with Crippen LogP contribution in [-0.2, 0) is 6.61 Å². The lowest BCUT2D eigenvalue weighted by Crippen LogP contribution is -1.87. The topological polar surface area (TPSA) is 56.9 Å². The first kappa shape index (κ1) is 10.3. The van der Waals surface area contributed by atoms with Gasteiger partial charge >= 0.3 is 0 Å². The highest BCUT2D eigenvalue weighted by Gasteiger charge is 2.00. The predicted octanol–water partition coefficient (Wildman–Crippen LogP) is 2.11. The number of benzene rings is 1. The Morgan fingerprint density at radius 3 is 2.75 bits per heavy atom. The zero-order valence-corrected chi connectivity index (χ0v) is 8.59. The molecule has 1 heterocycles. The summed E-state index contributed by atoms with van der Waals surface area (Å²) in [4.78, 5) is 4.19. The molecular formula is C13H10N2O. The van der Waals surface area contributed by atoms with Gasteiger partial charge in [-0.25, -0.2) is 0 Å². The van der Waals surface area contributed by atoms with E-state index in [0.29, 0.717) is 5.56 Å². The van der Waals surface area contributed by atoms with Crippen LogP contribution in [0.15, 0.2) is 42.6 Å². The van der Waals surface area contributed by atoms with E-state index in [1.165, 1.54) is 0 Å². The third kappa shape index (κ3) is 2.08. The van der Waals surface area contributed by atoms with E-state index in [0.717, 1.165) is 16.8 Å². The third-order valence-electron chi connectivity index (χ3n) is 2.30. The molecular weight excluding hydrogens is 200 g/mol. The van der Waals surface area contributed by atoms with Crippen LogP contribution >= 0.6 is 0 Å². The van der Waals surface area contributed by atoms with E-state index in [9.17, 15) is 0 Å². The average Bonchev–Trinajstić information content (AvgIpc) is 2.39. The van der Waals surface area contributed by atoms with Crippen molar-refractivity contribution in [3.8, 4) is 17.3 Å². The standard InChI is InChI=1S/C13H10N2O/c14-7-11-4-5-13(15-8-11)12-3-1-2-10(6-12)9-16/h1-6,8,16H,9H2. The van der Waals surface area contributed by atoms with E-state index < -0.39 is 0 Å². The fourth-order valence-corrected chi connectivity index (χ4v) is 1.46. The summed E-state index contributed by atoms with van der Waals surface area (Å²) in [5, 5.41) is 17.7. The minimum atomic E-state index is 0.0180. The van der Waals surface area contributed by atoms with Crippen LogP contribution in [0.25, 0.3) is 11.3 Å². The van der Waals surface area contributed by atoms with E-state index >= 15 is 0 Å². The van der Waals surface area contributed by atoms with Gasteiger partial charge in [-0.3, -0.25) is 4.98 Å². The minimum Gasteiger partial charge on any atom is -0.392 e. The van der Waals surface area contributed by atoms with Gasteiger partial charge in [-0.2, -0.15) is 5.26 Å². The number of hydrogen-bond acceptors (Lipinski definition) is 3. The molecule has 0 saturated carbocycles. The lowest BCUT2D eigenvalue weighted by molar-refractivity contribution is 0.282. The fraction of sp³-hybridized carbons (Fsp3) is 0.0769. The van der Waals surface area contributed by atoms with Crippen molar-refractivity contribution in [2.24, 2.45) is 0 Å². The van der Waals surface area contributed by atoms with E-state index in [1.807, 2.05) is 30.3 Å². The summed E-state index contributed by atoms with van der Waals surface area (Å²) in [5.41, 5.74) is 3.14. The van der Waals surface area contributed by atoms with Gasteiger partial charge in [0.05, 0.1) is 17.9 Å². The number of hydrogen-bond donors (Lipinski definition) is 1. The number of aliphatic hydroxyl groups excluding tert-OH is 1. The summed E-state index contributed by atoms with van der Waals surface area (Å²) in [5.74, 6) is 0. The highest BCUT2D eigenvalue weighted by Crippen LogP contribution is 2.18. The highest BCUT2D eigenvalue weighted by atomic mass is 16.3. The van der Waals surface area contributed by atoms with E-state index in [2.05, 4.69) is 4.98 Å². The van der Waals surface area contributed by atoms with Crippen LogP contribution in [0.4, 0.5) is 0 Å². The van der Waals surface area contributed by atoms with Crippen LogP contribution in [0.2, 0.25) is 0 Å². The van der Waals surface area contributed by atoms with Gasteiger partial charge in [-0.15, -0.1) is 0 Å². The summed E-state index contributed by atoms with van der Waals surface area (Å²) in [6.45, 7) is 0.0180. The molecule has 0 atom stereocenters. The molecule has 0 aliphatic carbocycles. The van der Waals surface area contributed by atoms with E-state index in [1.54, 1.807) is 18.3 Å². The number of aromatic nitrogens is 1. The van der Waals surface area contributed by atoms with Crippen LogP contribution in [0.5, 0.6) is 0 Å². The normalized spacial score (nSPS) is 9.75. The molecule has 0 bridgehead atoms. The second kappa shape index (κ2) is 4.56. The number of aliphatic hydroxyl groups is 1. The van der Waals surface area contributed by atoms with Gasteiger partial charge in [0.2, 0.25) is 0 Å². The summed E-state index contributed by atoms with van der Waals surface area (Å²) in [6.07, 6.45) is 1.54. The number of nitrogens with zero attached hydrogens (tertiary/aromatic N) is 2. The summed E-state index contributed by atoms with van der Waals surface area (Å²) < 4.78 is 0. The Morgan fingerprint density at radius 2 is 2.12 bits per heavy atom. The van der Waals surface area contributed by atoms with Gasteiger partial charge in [0.15, 0.2) is 0 Å². The summed E-state index contributed by atoms with van der Waals surface area (Å²) in [6, 6.07) is 13.1. The molecule has 78 valence electrons. The Bertz CT molecular complexity index is 526. The molecule has 2 aromatic rings. The monoisotopic (exact) mass is 210 g/mol. The first-order valence-corrected chi connectivity index (χ1v) is 4.90. The predicted molar refractivity (Wildman–Crippen MR) is 60.3 cm³/mol. The lowest BCUT2D eigenvalue weighted by Gasteiger charge is -2.02. The molecule has 1 aromatic heterocycles. The molecule has 0 saturated heterocycles. The van der Waals surface area contributed by atoms with Crippen molar-refractivity contribution < 1.29 is 5.11 Å². The average molecular weight is 210 g/mol. The molecule has 1 aromatic carbocycles. The fourth-order valence-electron chi connectivity index (χ4n) is 1.46. The zero-order valence-electron chi connectivity index (χ0n) is 8.59. The number of rotatable bonds is 2. The van der Waals surface area contributed by atoms with Gasteiger partial charge in [0.25, 0.3) is 0 Å². The first-order chi connectivity index (χ1) is 7.83. The Balaban J connectivity index is 2.39. The SMILES string of the molecule is N#Cc1ccc(-c2cccc(CO)c2)nc1. The number of pyridine rings is 1. The van der Waals surface area contributed by atoms with Gasteiger partial charge in [-0.05, 0) is 23.8 Å². The molecule has 0 aliphatic rings. The van der Waals surface area contributed by atoms with Gasteiger partial charge in [-0.1, -0.05) is 18.2 Å². The Morgan fingerprint density at radius 1 is 1.25 bits per heavy atom. The van der Waals surface area contributed by atoms with Crippen molar-refractivity contribution >= 4 is 0 Å². The molecule has 3 nitrogen and oxygen atoms in total. The summed E-state index contributed by atoms with van der Waals surface area (Å²) >= 11 is 0. The molecule has 0 aliphatic heterocycles. The van der Waals surface area contributed by atoms with Crippen molar-refractivity contribution in [1.82, 2.24) is 4.98 Å². The van der Waals surface area contributed by atoms with Crippen LogP contribution in [0.1, 0.15) is 11.1 Å². The molecule has 0 amide bonds. The van der Waals surface area contributed by atoms with Crippen molar-refractivity contribution in [1.29, 1.82) is 5.26 Å². The van der Waals surface area contributed by atoms with Crippen LogP contribution in [-0.4, -0.2) is 10.1 Å². The minimum absolute atomic E-state index is 0.0180. The molecule has 0 fully saturated rings. The molecule has 0 unspecified atom stereocenters. The molecule has 0 radical (unpaired) electrons. The Kier molecular flexibility index (Phi) is 2.95. The smallest absolute Gasteiger partial charge is 0.101 e. The first-order valence-electron chi connectivity index (χ1n) is 4.90. The van der Waals surface area contributed by atoms with Gasteiger partial charge in [0, 0.05) is 11.8 Å². The second-order valence-electron chi connectivity index (χ2n) is 3.40. The van der Waals surface area contributed by atoms with Gasteiger partial charge in [0.1, 0.15) is 6.07 Å². The number of nitriles is 1. The lowest BCUT2D eigenvalue weighted by atomic mass is 10.1. The Labute approximate surface area is 93.6 Å². The quantitative estimate of drug-likeness (QED) is 0.825. The Hall–Kier alpha value is -2.18.